The zero-order valence-electron chi connectivity index (χ0n) is 17.6. The molecule has 0 aliphatic carbocycles. The van der Waals surface area contributed by atoms with Gasteiger partial charge in [-0.1, -0.05) is 64.5 Å². The number of imide groups is 1. The molecule has 0 bridgehead atoms. The van der Waals surface area contributed by atoms with Crippen LogP contribution in [0.25, 0.3) is 10.8 Å². The smallest absolute Gasteiger partial charge is 0.261 e. The Hall–Kier alpha value is -3.77. The Morgan fingerprint density at radius 3 is 2.06 bits per heavy atom. The number of hydrogen-bond acceptors (Lipinski definition) is 3. The van der Waals surface area contributed by atoms with E-state index in [1.54, 1.807) is 41.3 Å². The number of amides is 3. The van der Waals surface area contributed by atoms with Crippen molar-refractivity contribution in [1.29, 1.82) is 0 Å². The SMILES string of the molecule is O=C1c2ccccc2C(=O)N1CCN(C(=O)c1ccc(Br)cc1)c1cccc2ccccc12. The molecule has 4 aromatic rings. The van der Waals surface area contributed by atoms with Crippen molar-refractivity contribution in [3.63, 3.8) is 0 Å². The van der Waals surface area contributed by atoms with Gasteiger partial charge in [-0.25, -0.2) is 0 Å². The first-order valence-electron chi connectivity index (χ1n) is 10.5. The van der Waals surface area contributed by atoms with Crippen molar-refractivity contribution in [3.05, 3.63) is 112 Å². The number of benzene rings is 4. The summed E-state index contributed by atoms with van der Waals surface area (Å²) in [5.74, 6) is -0.857. The first-order chi connectivity index (χ1) is 16.0. The van der Waals surface area contributed by atoms with E-state index in [2.05, 4.69) is 15.9 Å². The Bertz CT molecular complexity index is 1360. The molecule has 1 heterocycles. The van der Waals surface area contributed by atoms with Crippen molar-refractivity contribution in [1.82, 2.24) is 4.90 Å². The van der Waals surface area contributed by atoms with E-state index in [1.165, 1.54) is 4.90 Å². The molecule has 0 saturated heterocycles. The van der Waals surface area contributed by atoms with Crippen LogP contribution in [0.15, 0.2) is 95.5 Å². The number of nitrogens with zero attached hydrogens (tertiary/aromatic N) is 2. The first-order valence-corrected chi connectivity index (χ1v) is 11.3. The van der Waals surface area contributed by atoms with Crippen LogP contribution >= 0.6 is 15.9 Å². The maximum absolute atomic E-state index is 13.6. The lowest BCUT2D eigenvalue weighted by atomic mass is 10.1. The van der Waals surface area contributed by atoms with Crippen LogP contribution < -0.4 is 4.90 Å². The lowest BCUT2D eigenvalue weighted by Crippen LogP contribution is -2.41. The minimum Gasteiger partial charge on any atom is -0.306 e. The van der Waals surface area contributed by atoms with Crippen LogP contribution in [0.5, 0.6) is 0 Å². The van der Waals surface area contributed by atoms with E-state index >= 15 is 0 Å². The highest BCUT2D eigenvalue weighted by atomic mass is 79.9. The van der Waals surface area contributed by atoms with Crippen LogP contribution in [0.3, 0.4) is 0 Å². The van der Waals surface area contributed by atoms with Crippen LogP contribution in [0.2, 0.25) is 0 Å². The fourth-order valence-corrected chi connectivity index (χ4v) is 4.43. The van der Waals surface area contributed by atoms with Gasteiger partial charge in [-0.15, -0.1) is 0 Å². The summed E-state index contributed by atoms with van der Waals surface area (Å²) in [6, 6.07) is 27.6. The Kier molecular flexibility index (Phi) is 5.52. The quantitative estimate of drug-likeness (QED) is 0.339. The van der Waals surface area contributed by atoms with Crippen LogP contribution in [0.4, 0.5) is 5.69 Å². The molecule has 4 aromatic carbocycles. The van der Waals surface area contributed by atoms with Crippen molar-refractivity contribution in [2.24, 2.45) is 0 Å². The highest BCUT2D eigenvalue weighted by Gasteiger charge is 2.35. The van der Waals surface area contributed by atoms with Gasteiger partial charge in [0.15, 0.2) is 0 Å². The molecule has 0 atom stereocenters. The van der Waals surface area contributed by atoms with Gasteiger partial charge in [0.25, 0.3) is 17.7 Å². The van der Waals surface area contributed by atoms with Gasteiger partial charge in [0.05, 0.1) is 16.8 Å². The van der Waals surface area contributed by atoms with Crippen molar-refractivity contribution in [2.45, 2.75) is 0 Å². The zero-order chi connectivity index (χ0) is 22.9. The molecule has 0 radical (unpaired) electrons. The zero-order valence-corrected chi connectivity index (χ0v) is 19.2. The van der Waals surface area contributed by atoms with Crippen LogP contribution in [-0.4, -0.2) is 35.7 Å². The van der Waals surface area contributed by atoms with Crippen LogP contribution in [0, 0.1) is 0 Å². The van der Waals surface area contributed by atoms with Gasteiger partial charge < -0.3 is 4.90 Å². The largest absolute Gasteiger partial charge is 0.306 e. The van der Waals surface area contributed by atoms with Crippen molar-refractivity contribution < 1.29 is 14.4 Å². The third-order valence-corrected chi connectivity index (χ3v) is 6.35. The Morgan fingerprint density at radius 1 is 0.758 bits per heavy atom. The molecule has 162 valence electrons. The average molecular weight is 499 g/mol. The number of rotatable bonds is 5. The molecule has 33 heavy (non-hydrogen) atoms. The fraction of sp³-hybridized carbons (Fsp3) is 0.0741. The number of anilines is 1. The predicted octanol–water partition coefficient (Wildman–Crippen LogP) is 5.55. The van der Waals surface area contributed by atoms with Gasteiger partial charge in [-0.05, 0) is 47.9 Å². The molecule has 0 N–H and O–H groups in total. The Morgan fingerprint density at radius 2 is 1.36 bits per heavy atom. The summed E-state index contributed by atoms with van der Waals surface area (Å²) >= 11 is 3.41. The Labute approximate surface area is 199 Å². The molecule has 0 spiro atoms. The number of carbonyl (C=O) groups excluding carboxylic acids is 3. The van der Waals surface area contributed by atoms with Crippen molar-refractivity contribution in [3.8, 4) is 0 Å². The highest BCUT2D eigenvalue weighted by molar-refractivity contribution is 9.10. The number of carbonyl (C=O) groups is 3. The fourth-order valence-electron chi connectivity index (χ4n) is 4.17. The van der Waals surface area contributed by atoms with E-state index < -0.39 is 0 Å². The van der Waals surface area contributed by atoms with Crippen LogP contribution in [-0.2, 0) is 0 Å². The topological polar surface area (TPSA) is 57.7 Å². The number of hydrogen-bond donors (Lipinski definition) is 0. The predicted molar refractivity (Wildman–Crippen MR) is 132 cm³/mol. The minimum absolute atomic E-state index is 0.0951. The van der Waals surface area contributed by atoms with Gasteiger partial charge >= 0.3 is 0 Å². The number of fused-ring (bicyclic) bond motifs is 2. The molecule has 0 fully saturated rings. The van der Waals surface area contributed by atoms with Gasteiger partial charge in [-0.2, -0.15) is 0 Å². The molecule has 3 amide bonds. The molecule has 6 heteroatoms. The lowest BCUT2D eigenvalue weighted by Gasteiger charge is -2.26. The molecule has 0 aromatic heterocycles. The van der Waals surface area contributed by atoms with E-state index in [4.69, 9.17) is 0 Å². The molecule has 1 aliphatic rings. The molecule has 5 nitrogen and oxygen atoms in total. The summed E-state index contributed by atoms with van der Waals surface area (Å²) in [7, 11) is 0. The van der Waals surface area contributed by atoms with Crippen molar-refractivity contribution >= 4 is 50.1 Å². The Balaban J connectivity index is 1.51. The van der Waals surface area contributed by atoms with E-state index in [1.807, 2.05) is 54.6 Å². The highest BCUT2D eigenvalue weighted by Crippen LogP contribution is 2.29. The third kappa shape index (κ3) is 3.83. The van der Waals surface area contributed by atoms with E-state index in [-0.39, 0.29) is 30.8 Å². The maximum atomic E-state index is 13.6. The van der Waals surface area contributed by atoms with E-state index in [0.29, 0.717) is 16.7 Å². The molecule has 0 unspecified atom stereocenters. The lowest BCUT2D eigenvalue weighted by molar-refractivity contribution is 0.0654. The maximum Gasteiger partial charge on any atom is 0.261 e. The third-order valence-electron chi connectivity index (χ3n) is 5.82. The summed E-state index contributed by atoms with van der Waals surface area (Å²) < 4.78 is 0.877. The molecular weight excluding hydrogens is 480 g/mol. The molecule has 1 aliphatic heterocycles. The monoisotopic (exact) mass is 498 g/mol. The summed E-state index contributed by atoms with van der Waals surface area (Å²) in [5, 5.41) is 1.93. The van der Waals surface area contributed by atoms with Crippen LogP contribution in [0.1, 0.15) is 31.1 Å². The summed E-state index contributed by atoms with van der Waals surface area (Å²) in [6.45, 7) is 0.270. The second-order valence-electron chi connectivity index (χ2n) is 7.77. The average Bonchev–Trinajstić information content (AvgIpc) is 3.09. The van der Waals surface area contributed by atoms with Gasteiger partial charge in [-0.3, -0.25) is 19.3 Å². The van der Waals surface area contributed by atoms with E-state index in [9.17, 15) is 14.4 Å². The second kappa shape index (κ2) is 8.64. The summed E-state index contributed by atoms with van der Waals surface area (Å²) in [4.78, 5) is 42.2. The summed E-state index contributed by atoms with van der Waals surface area (Å²) in [5.41, 5.74) is 2.06. The second-order valence-corrected chi connectivity index (χ2v) is 8.69. The molecular formula is C27H19BrN2O3. The molecule has 0 saturated carbocycles. The number of halogens is 1. The molecule has 5 rings (SSSR count). The minimum atomic E-state index is -0.329. The standard InChI is InChI=1S/C27H19BrN2O3/c28-20-14-12-19(13-15-20)25(31)29(24-11-5-7-18-6-1-2-8-21(18)24)16-17-30-26(32)22-9-3-4-10-23(22)27(30)33/h1-15H,16-17H2. The van der Waals surface area contributed by atoms with Gasteiger partial charge in [0.2, 0.25) is 0 Å². The van der Waals surface area contributed by atoms with Gasteiger partial charge in [0.1, 0.15) is 0 Å². The summed E-state index contributed by atoms with van der Waals surface area (Å²) in [6.07, 6.45) is 0. The normalized spacial score (nSPS) is 12.8. The first kappa shape index (κ1) is 21.1. The van der Waals surface area contributed by atoms with E-state index in [0.717, 1.165) is 20.9 Å². The van der Waals surface area contributed by atoms with Gasteiger partial charge in [0, 0.05) is 28.5 Å². The van der Waals surface area contributed by atoms with Crippen molar-refractivity contribution in [2.75, 3.05) is 18.0 Å².